The van der Waals surface area contributed by atoms with Crippen molar-refractivity contribution in [1.82, 2.24) is 10.6 Å². The first-order chi connectivity index (χ1) is 14.1. The highest BCUT2D eigenvalue weighted by Crippen LogP contribution is 2.25. The van der Waals surface area contributed by atoms with Crippen LogP contribution in [0.15, 0.2) is 83.4 Å². The van der Waals surface area contributed by atoms with Crippen LogP contribution in [-0.2, 0) is 22.6 Å². The molecule has 0 bridgehead atoms. The number of aliphatic hydroxyl groups is 1. The lowest BCUT2D eigenvalue weighted by Crippen LogP contribution is -2.33. The summed E-state index contributed by atoms with van der Waals surface area (Å²) < 4.78 is 0. The second-order valence-corrected chi connectivity index (χ2v) is 7.78. The molecule has 0 aliphatic carbocycles. The minimum absolute atomic E-state index is 0.204. The molecule has 0 saturated carbocycles. The van der Waals surface area contributed by atoms with E-state index in [4.69, 9.17) is 0 Å². The highest BCUT2D eigenvalue weighted by atomic mass is 32.1. The summed E-state index contributed by atoms with van der Waals surface area (Å²) in [6.45, 7) is 0.275. The third-order valence-corrected chi connectivity index (χ3v) is 5.76. The van der Waals surface area contributed by atoms with Crippen molar-refractivity contribution < 1.29 is 14.7 Å². The third kappa shape index (κ3) is 4.22. The lowest BCUT2D eigenvalue weighted by atomic mass is 10.0. The van der Waals surface area contributed by atoms with Gasteiger partial charge < -0.3 is 15.7 Å². The number of benzene rings is 2. The zero-order chi connectivity index (χ0) is 20.2. The summed E-state index contributed by atoms with van der Waals surface area (Å²) in [5.74, 6) is -1.32. The maximum Gasteiger partial charge on any atom is 0.261 e. The summed E-state index contributed by atoms with van der Waals surface area (Å²) in [7, 11) is 0. The second-order valence-electron chi connectivity index (χ2n) is 6.83. The van der Waals surface area contributed by atoms with Crippen LogP contribution in [0.25, 0.3) is 10.4 Å². The average molecular weight is 404 g/mol. The van der Waals surface area contributed by atoms with Gasteiger partial charge in [0.2, 0.25) is 0 Å². The van der Waals surface area contributed by atoms with Crippen LogP contribution in [0.4, 0.5) is 0 Å². The number of hydrogen-bond donors (Lipinski definition) is 3. The normalized spacial score (nSPS) is 16.0. The molecule has 0 radical (unpaired) electrons. The Kier molecular flexibility index (Phi) is 5.44. The van der Waals surface area contributed by atoms with E-state index in [1.54, 1.807) is 11.3 Å². The van der Waals surface area contributed by atoms with Gasteiger partial charge in [0.25, 0.3) is 11.8 Å². The fourth-order valence-corrected chi connectivity index (χ4v) is 4.04. The van der Waals surface area contributed by atoms with E-state index in [-0.39, 0.29) is 17.9 Å². The lowest BCUT2D eigenvalue weighted by Gasteiger charge is -2.10. The fourth-order valence-electron chi connectivity index (χ4n) is 3.31. The van der Waals surface area contributed by atoms with E-state index in [0.717, 1.165) is 16.7 Å². The number of hydrogen-bond acceptors (Lipinski definition) is 4. The van der Waals surface area contributed by atoms with Crippen LogP contribution < -0.4 is 10.6 Å². The van der Waals surface area contributed by atoms with Gasteiger partial charge in [-0.2, -0.15) is 0 Å². The predicted molar refractivity (Wildman–Crippen MR) is 113 cm³/mol. The summed E-state index contributed by atoms with van der Waals surface area (Å²) in [5.41, 5.74) is 2.80. The molecule has 0 fully saturated rings. The Morgan fingerprint density at radius 3 is 2.45 bits per heavy atom. The van der Waals surface area contributed by atoms with Crippen molar-refractivity contribution in [2.45, 2.75) is 19.0 Å². The smallest absolute Gasteiger partial charge is 0.261 e. The van der Waals surface area contributed by atoms with Gasteiger partial charge in [-0.05, 0) is 34.6 Å². The van der Waals surface area contributed by atoms with Crippen molar-refractivity contribution in [2.24, 2.45) is 0 Å². The molecule has 146 valence electrons. The minimum Gasteiger partial charge on any atom is -0.509 e. The van der Waals surface area contributed by atoms with Crippen molar-refractivity contribution in [3.05, 3.63) is 94.6 Å². The summed E-state index contributed by atoms with van der Waals surface area (Å²) in [5, 5.41) is 17.9. The molecule has 4 rings (SSSR count). The number of thiophene rings is 1. The van der Waals surface area contributed by atoms with Gasteiger partial charge in [0.05, 0.1) is 6.04 Å². The van der Waals surface area contributed by atoms with E-state index in [9.17, 15) is 14.7 Å². The van der Waals surface area contributed by atoms with E-state index in [0.29, 0.717) is 6.42 Å². The van der Waals surface area contributed by atoms with Gasteiger partial charge in [0.1, 0.15) is 11.3 Å². The number of nitrogens with one attached hydrogen (secondary N) is 2. The number of aliphatic hydroxyl groups excluding tert-OH is 1. The van der Waals surface area contributed by atoms with Gasteiger partial charge in [-0.3, -0.25) is 9.59 Å². The van der Waals surface area contributed by atoms with Crippen LogP contribution >= 0.6 is 11.3 Å². The van der Waals surface area contributed by atoms with Crippen molar-refractivity contribution in [3.63, 3.8) is 0 Å². The zero-order valence-electron chi connectivity index (χ0n) is 15.6. The Bertz CT molecular complexity index is 1040. The summed E-state index contributed by atoms with van der Waals surface area (Å²) in [6.07, 6.45) is 0.430. The van der Waals surface area contributed by atoms with Gasteiger partial charge >= 0.3 is 0 Å². The molecule has 2 heterocycles. The first kappa shape index (κ1) is 19.0. The molecular formula is C23H20N2O3S. The maximum absolute atomic E-state index is 12.5. The Labute approximate surface area is 172 Å². The Hall–Kier alpha value is -3.38. The molecule has 0 saturated heterocycles. The van der Waals surface area contributed by atoms with Crippen LogP contribution in [-0.4, -0.2) is 23.0 Å². The Morgan fingerprint density at radius 2 is 1.76 bits per heavy atom. The molecule has 5 nitrogen and oxygen atoms in total. The molecule has 3 aromatic rings. The van der Waals surface area contributed by atoms with Crippen molar-refractivity contribution in [3.8, 4) is 10.4 Å². The van der Waals surface area contributed by atoms with Gasteiger partial charge in [0, 0.05) is 11.4 Å². The van der Waals surface area contributed by atoms with Gasteiger partial charge in [0.15, 0.2) is 0 Å². The highest BCUT2D eigenvalue weighted by Gasteiger charge is 2.35. The van der Waals surface area contributed by atoms with Gasteiger partial charge in [-0.15, -0.1) is 11.3 Å². The van der Waals surface area contributed by atoms with Crippen LogP contribution in [0.1, 0.15) is 11.1 Å². The number of carbonyl (C=O) groups is 2. The lowest BCUT2D eigenvalue weighted by molar-refractivity contribution is -0.123. The van der Waals surface area contributed by atoms with E-state index < -0.39 is 17.9 Å². The first-order valence-corrected chi connectivity index (χ1v) is 10.2. The minimum atomic E-state index is -0.587. The molecule has 1 aromatic heterocycles. The molecular weight excluding hydrogens is 384 g/mol. The zero-order valence-corrected chi connectivity index (χ0v) is 16.4. The van der Waals surface area contributed by atoms with E-state index in [1.165, 1.54) is 4.88 Å². The van der Waals surface area contributed by atoms with Crippen LogP contribution in [0.3, 0.4) is 0 Å². The van der Waals surface area contributed by atoms with E-state index in [1.807, 2.05) is 66.0 Å². The molecule has 1 aliphatic heterocycles. The molecule has 1 unspecified atom stereocenters. The molecule has 1 aliphatic rings. The van der Waals surface area contributed by atoms with Crippen molar-refractivity contribution in [2.75, 3.05) is 0 Å². The number of rotatable bonds is 6. The summed E-state index contributed by atoms with van der Waals surface area (Å²) >= 11 is 1.67. The summed E-state index contributed by atoms with van der Waals surface area (Å²) in [6, 6.07) is 20.9. The number of amides is 2. The van der Waals surface area contributed by atoms with Crippen LogP contribution in [0, 0.1) is 0 Å². The molecule has 6 heteroatoms. The monoisotopic (exact) mass is 404 g/mol. The fraction of sp³-hybridized carbons (Fsp3) is 0.130. The SMILES string of the molecule is O=C(NCc1ccc(-c2cccs2)cc1)C1=C(O)C(Cc2ccccc2)NC1=O. The quantitative estimate of drug-likeness (QED) is 0.550. The summed E-state index contributed by atoms with van der Waals surface area (Å²) in [4.78, 5) is 25.9. The largest absolute Gasteiger partial charge is 0.509 e. The second kappa shape index (κ2) is 8.32. The van der Waals surface area contributed by atoms with E-state index in [2.05, 4.69) is 16.7 Å². The van der Waals surface area contributed by atoms with Gasteiger partial charge in [-0.1, -0.05) is 60.7 Å². The van der Waals surface area contributed by atoms with Crippen LogP contribution in [0.5, 0.6) is 0 Å². The third-order valence-electron chi connectivity index (χ3n) is 4.84. The number of carbonyl (C=O) groups excluding carboxylic acids is 2. The maximum atomic E-state index is 12.5. The standard InChI is InChI=1S/C23H20N2O3S/c26-21-18(13-15-5-2-1-3-6-15)25-23(28)20(21)22(27)24-14-16-8-10-17(11-9-16)19-7-4-12-29-19/h1-12,18,26H,13-14H2,(H,24,27)(H,25,28). The predicted octanol–water partition coefficient (Wildman–Crippen LogP) is 3.58. The average Bonchev–Trinajstić information content (AvgIpc) is 3.36. The van der Waals surface area contributed by atoms with Gasteiger partial charge in [-0.25, -0.2) is 0 Å². The molecule has 2 aromatic carbocycles. The molecule has 2 amide bonds. The molecule has 3 N–H and O–H groups in total. The molecule has 29 heavy (non-hydrogen) atoms. The van der Waals surface area contributed by atoms with E-state index >= 15 is 0 Å². The molecule has 1 atom stereocenters. The Balaban J connectivity index is 1.40. The molecule has 0 spiro atoms. The van der Waals surface area contributed by atoms with Crippen molar-refractivity contribution in [1.29, 1.82) is 0 Å². The van der Waals surface area contributed by atoms with Crippen molar-refractivity contribution >= 4 is 23.2 Å². The first-order valence-electron chi connectivity index (χ1n) is 9.31. The van der Waals surface area contributed by atoms with Crippen LogP contribution in [0.2, 0.25) is 0 Å². The topological polar surface area (TPSA) is 78.4 Å². The highest BCUT2D eigenvalue weighted by molar-refractivity contribution is 7.13. The Morgan fingerprint density at radius 1 is 1.00 bits per heavy atom.